The van der Waals surface area contributed by atoms with Crippen LogP contribution in [0.1, 0.15) is 44.2 Å². The number of nitrogens with one attached hydrogen (secondary N) is 1. The van der Waals surface area contributed by atoms with Crippen molar-refractivity contribution in [3.05, 3.63) is 28.8 Å². The van der Waals surface area contributed by atoms with Crippen LogP contribution in [-0.2, 0) is 0 Å². The number of hydrogen-bond acceptors (Lipinski definition) is 2. The fraction of sp³-hybridized carbons (Fsp3) is 0.571. The number of ether oxygens (including phenoxy) is 1. The molecule has 17 heavy (non-hydrogen) atoms. The van der Waals surface area contributed by atoms with Gasteiger partial charge in [-0.05, 0) is 57.4 Å². The standard InChI is InChI=1S/C14H20ClNO/c1-10(16-2)11-7-8-14(13(15)9-11)17-12-5-3-4-6-12/h7-10,12,16H,3-6H2,1-2H3. The fourth-order valence-corrected chi connectivity index (χ4v) is 2.47. The molecule has 0 heterocycles. The highest BCUT2D eigenvalue weighted by Gasteiger charge is 2.18. The smallest absolute Gasteiger partial charge is 0.138 e. The molecule has 94 valence electrons. The summed E-state index contributed by atoms with van der Waals surface area (Å²) in [6.45, 7) is 2.11. The third-order valence-electron chi connectivity index (χ3n) is 3.48. The second-order valence-electron chi connectivity index (χ2n) is 4.72. The molecule has 1 N–H and O–H groups in total. The monoisotopic (exact) mass is 253 g/mol. The predicted molar refractivity (Wildman–Crippen MR) is 71.8 cm³/mol. The molecule has 0 amide bonds. The maximum Gasteiger partial charge on any atom is 0.138 e. The Bertz CT molecular complexity index is 374. The highest BCUT2D eigenvalue weighted by Crippen LogP contribution is 2.31. The summed E-state index contributed by atoms with van der Waals surface area (Å²) in [5.41, 5.74) is 1.19. The molecule has 1 aromatic carbocycles. The van der Waals surface area contributed by atoms with Crippen LogP contribution in [0.3, 0.4) is 0 Å². The molecule has 1 fully saturated rings. The van der Waals surface area contributed by atoms with Crippen molar-refractivity contribution in [1.29, 1.82) is 0 Å². The van der Waals surface area contributed by atoms with Crippen molar-refractivity contribution in [3.63, 3.8) is 0 Å². The van der Waals surface area contributed by atoms with Gasteiger partial charge in [0.2, 0.25) is 0 Å². The second-order valence-corrected chi connectivity index (χ2v) is 5.13. The van der Waals surface area contributed by atoms with Crippen molar-refractivity contribution in [1.82, 2.24) is 5.32 Å². The molecule has 1 unspecified atom stereocenters. The molecule has 1 aliphatic carbocycles. The Morgan fingerprint density at radius 1 is 1.35 bits per heavy atom. The normalized spacial score (nSPS) is 18.3. The molecule has 2 rings (SSSR count). The predicted octanol–water partition coefficient (Wildman–Crippen LogP) is 3.94. The Balaban J connectivity index is 2.08. The number of halogens is 1. The fourth-order valence-electron chi connectivity index (χ4n) is 2.23. The highest BCUT2D eigenvalue weighted by molar-refractivity contribution is 6.32. The zero-order valence-corrected chi connectivity index (χ0v) is 11.3. The van der Waals surface area contributed by atoms with Gasteiger partial charge in [-0.25, -0.2) is 0 Å². The first-order chi connectivity index (χ1) is 8.20. The first-order valence-electron chi connectivity index (χ1n) is 6.34. The van der Waals surface area contributed by atoms with Crippen LogP contribution in [0.4, 0.5) is 0 Å². The van der Waals surface area contributed by atoms with E-state index in [4.69, 9.17) is 16.3 Å². The van der Waals surface area contributed by atoms with Crippen molar-refractivity contribution >= 4 is 11.6 Å². The first-order valence-corrected chi connectivity index (χ1v) is 6.72. The lowest BCUT2D eigenvalue weighted by Crippen LogP contribution is -2.13. The van der Waals surface area contributed by atoms with Crippen LogP contribution in [0.2, 0.25) is 5.02 Å². The largest absolute Gasteiger partial charge is 0.489 e. The third-order valence-corrected chi connectivity index (χ3v) is 3.78. The van der Waals surface area contributed by atoms with E-state index >= 15 is 0 Å². The van der Waals surface area contributed by atoms with E-state index in [0.717, 1.165) is 23.6 Å². The molecule has 3 heteroatoms. The Morgan fingerprint density at radius 3 is 2.65 bits per heavy atom. The van der Waals surface area contributed by atoms with Gasteiger partial charge in [0.1, 0.15) is 5.75 Å². The summed E-state index contributed by atoms with van der Waals surface area (Å²) in [5.74, 6) is 0.825. The second kappa shape index (κ2) is 5.74. The highest BCUT2D eigenvalue weighted by atomic mass is 35.5. The molecular weight excluding hydrogens is 234 g/mol. The van der Waals surface area contributed by atoms with Crippen LogP contribution in [0, 0.1) is 0 Å². The van der Waals surface area contributed by atoms with Crippen molar-refractivity contribution in [2.45, 2.75) is 44.8 Å². The summed E-state index contributed by atoms with van der Waals surface area (Å²) in [4.78, 5) is 0. The van der Waals surface area contributed by atoms with Gasteiger partial charge in [0.05, 0.1) is 11.1 Å². The molecule has 0 aliphatic heterocycles. The molecule has 0 saturated heterocycles. The summed E-state index contributed by atoms with van der Waals surface area (Å²) < 4.78 is 5.92. The van der Waals surface area contributed by atoms with E-state index in [1.807, 2.05) is 19.2 Å². The lowest BCUT2D eigenvalue weighted by molar-refractivity contribution is 0.210. The van der Waals surface area contributed by atoms with Gasteiger partial charge in [-0.3, -0.25) is 0 Å². The van der Waals surface area contributed by atoms with Crippen LogP contribution in [0.5, 0.6) is 5.75 Å². The van der Waals surface area contributed by atoms with E-state index in [2.05, 4.69) is 18.3 Å². The average Bonchev–Trinajstić information content (AvgIpc) is 2.83. The Morgan fingerprint density at radius 2 is 2.06 bits per heavy atom. The Labute approximate surface area is 108 Å². The molecule has 0 bridgehead atoms. The molecule has 1 atom stereocenters. The van der Waals surface area contributed by atoms with Crippen molar-refractivity contribution in [2.24, 2.45) is 0 Å². The van der Waals surface area contributed by atoms with Gasteiger partial charge in [0.15, 0.2) is 0 Å². The first kappa shape index (κ1) is 12.7. The van der Waals surface area contributed by atoms with E-state index in [-0.39, 0.29) is 0 Å². The van der Waals surface area contributed by atoms with Crippen LogP contribution >= 0.6 is 11.6 Å². The van der Waals surface area contributed by atoms with Gasteiger partial charge in [0.25, 0.3) is 0 Å². The van der Waals surface area contributed by atoms with Gasteiger partial charge in [0, 0.05) is 6.04 Å². The molecular formula is C14H20ClNO. The molecule has 0 aromatic heterocycles. The van der Waals surface area contributed by atoms with E-state index in [0.29, 0.717) is 12.1 Å². The van der Waals surface area contributed by atoms with Crippen LogP contribution in [-0.4, -0.2) is 13.2 Å². The molecule has 0 radical (unpaired) electrons. The van der Waals surface area contributed by atoms with Crippen LogP contribution in [0.15, 0.2) is 18.2 Å². The minimum atomic E-state index is 0.313. The van der Waals surface area contributed by atoms with E-state index in [1.54, 1.807) is 0 Å². The molecule has 1 aliphatic rings. The minimum absolute atomic E-state index is 0.313. The third kappa shape index (κ3) is 3.14. The Hall–Kier alpha value is -0.730. The van der Waals surface area contributed by atoms with E-state index < -0.39 is 0 Å². The lowest BCUT2D eigenvalue weighted by Gasteiger charge is -2.16. The summed E-state index contributed by atoms with van der Waals surface area (Å²) in [5, 5.41) is 3.92. The zero-order chi connectivity index (χ0) is 12.3. The molecule has 0 spiro atoms. The molecule has 1 aromatic rings. The van der Waals surface area contributed by atoms with E-state index in [1.165, 1.54) is 18.4 Å². The number of hydrogen-bond donors (Lipinski definition) is 1. The minimum Gasteiger partial charge on any atom is -0.489 e. The number of rotatable bonds is 4. The molecule has 1 saturated carbocycles. The van der Waals surface area contributed by atoms with Gasteiger partial charge in [-0.1, -0.05) is 17.7 Å². The summed E-state index contributed by atoms with van der Waals surface area (Å²) >= 11 is 6.26. The maximum absolute atomic E-state index is 6.26. The zero-order valence-electron chi connectivity index (χ0n) is 10.5. The van der Waals surface area contributed by atoms with Gasteiger partial charge >= 0.3 is 0 Å². The van der Waals surface area contributed by atoms with Crippen LogP contribution in [0.25, 0.3) is 0 Å². The molecule has 2 nitrogen and oxygen atoms in total. The quantitative estimate of drug-likeness (QED) is 0.878. The summed E-state index contributed by atoms with van der Waals surface area (Å²) in [6.07, 6.45) is 5.23. The number of benzene rings is 1. The lowest BCUT2D eigenvalue weighted by atomic mass is 10.1. The van der Waals surface area contributed by atoms with Crippen molar-refractivity contribution < 1.29 is 4.74 Å². The van der Waals surface area contributed by atoms with Crippen molar-refractivity contribution in [3.8, 4) is 5.75 Å². The summed E-state index contributed by atoms with van der Waals surface area (Å²) in [6, 6.07) is 6.38. The maximum atomic E-state index is 6.26. The average molecular weight is 254 g/mol. The van der Waals surface area contributed by atoms with Crippen molar-refractivity contribution in [2.75, 3.05) is 7.05 Å². The summed E-state index contributed by atoms with van der Waals surface area (Å²) in [7, 11) is 1.95. The van der Waals surface area contributed by atoms with E-state index in [9.17, 15) is 0 Å². The Kier molecular flexibility index (Phi) is 4.30. The van der Waals surface area contributed by atoms with Gasteiger partial charge in [-0.15, -0.1) is 0 Å². The van der Waals surface area contributed by atoms with Gasteiger partial charge in [-0.2, -0.15) is 0 Å². The van der Waals surface area contributed by atoms with Gasteiger partial charge < -0.3 is 10.1 Å². The SMILES string of the molecule is CNC(C)c1ccc(OC2CCCC2)c(Cl)c1. The van der Waals surface area contributed by atoms with Crippen LogP contribution < -0.4 is 10.1 Å². The topological polar surface area (TPSA) is 21.3 Å².